The van der Waals surface area contributed by atoms with E-state index in [0.29, 0.717) is 5.92 Å². The number of hydrogen-bond donors (Lipinski definition) is 0. The second-order valence-corrected chi connectivity index (χ2v) is 3.44. The van der Waals surface area contributed by atoms with Crippen LogP contribution in [0, 0.1) is 12.8 Å². The van der Waals surface area contributed by atoms with Crippen molar-refractivity contribution in [1.29, 1.82) is 0 Å². The first kappa shape index (κ1) is 20.6. The van der Waals surface area contributed by atoms with Gasteiger partial charge >= 0.3 is 0 Å². The van der Waals surface area contributed by atoms with Gasteiger partial charge in [0.25, 0.3) is 0 Å². The van der Waals surface area contributed by atoms with Crippen molar-refractivity contribution in [3.8, 4) is 0 Å². The zero-order valence-electron chi connectivity index (χ0n) is 11.0. The van der Waals surface area contributed by atoms with Crippen LogP contribution in [0.15, 0.2) is 11.8 Å². The Morgan fingerprint density at radius 3 is 2.13 bits per heavy atom. The fourth-order valence-corrected chi connectivity index (χ4v) is 1.39. The van der Waals surface area contributed by atoms with E-state index in [-0.39, 0.29) is 25.2 Å². The summed E-state index contributed by atoms with van der Waals surface area (Å²) in [5.74, 6) is 0.743. The third-order valence-electron chi connectivity index (χ3n) is 2.17. The molecule has 0 spiro atoms. The average Bonchev–Trinajstić information content (AvgIpc) is 2.19. The molecule has 1 nitrogen and oxygen atoms in total. The van der Waals surface area contributed by atoms with Crippen molar-refractivity contribution in [3.05, 3.63) is 18.8 Å². The Bertz CT molecular complexity index is 128. The van der Waals surface area contributed by atoms with Gasteiger partial charge in [-0.2, -0.15) is 0 Å². The fourth-order valence-electron chi connectivity index (χ4n) is 1.39. The van der Waals surface area contributed by atoms with E-state index < -0.39 is 0 Å². The third-order valence-corrected chi connectivity index (χ3v) is 2.17. The Morgan fingerprint density at radius 2 is 1.80 bits per heavy atom. The van der Waals surface area contributed by atoms with Crippen LogP contribution in [-0.4, -0.2) is 0 Å². The quantitative estimate of drug-likeness (QED) is 0.407. The van der Waals surface area contributed by atoms with E-state index >= 15 is 0 Å². The topological polar surface area (TPSA) is 23.1 Å². The van der Waals surface area contributed by atoms with Crippen LogP contribution in [0.5, 0.6) is 0 Å². The molecule has 0 bridgehead atoms. The molecule has 2 heteroatoms. The molecular formula is C13H26OZn-. The van der Waals surface area contributed by atoms with Crippen LogP contribution in [0.4, 0.5) is 0 Å². The maximum Gasteiger partial charge on any atom is 0 e. The Labute approximate surface area is 109 Å². The minimum atomic E-state index is 0. The maximum atomic E-state index is 10.8. The van der Waals surface area contributed by atoms with E-state index in [9.17, 15) is 5.11 Å². The molecule has 1 radical (unpaired) electrons. The molecule has 0 saturated carbocycles. The number of rotatable bonds is 6. The monoisotopic (exact) mass is 262 g/mol. The van der Waals surface area contributed by atoms with Crippen molar-refractivity contribution in [2.75, 3.05) is 0 Å². The van der Waals surface area contributed by atoms with Crippen LogP contribution in [0.1, 0.15) is 59.8 Å². The van der Waals surface area contributed by atoms with E-state index in [0.717, 1.165) is 6.42 Å². The van der Waals surface area contributed by atoms with Crippen LogP contribution in [0.25, 0.3) is 0 Å². The first-order chi connectivity index (χ1) is 6.70. The van der Waals surface area contributed by atoms with Crippen LogP contribution < -0.4 is 5.11 Å². The SMILES string of the molecule is CCCCCC(/C=C(/C)[O-])CC.[CH2]C.[Zn]. The molecule has 0 heterocycles. The van der Waals surface area contributed by atoms with Crippen molar-refractivity contribution >= 4 is 0 Å². The smallest absolute Gasteiger partial charge is 0 e. The van der Waals surface area contributed by atoms with Gasteiger partial charge in [-0.15, -0.1) is 5.76 Å². The van der Waals surface area contributed by atoms with Crippen molar-refractivity contribution < 1.29 is 24.6 Å². The van der Waals surface area contributed by atoms with Crippen molar-refractivity contribution in [2.24, 2.45) is 5.92 Å². The van der Waals surface area contributed by atoms with E-state index in [4.69, 9.17) is 0 Å². The second-order valence-electron chi connectivity index (χ2n) is 3.44. The summed E-state index contributed by atoms with van der Waals surface area (Å²) < 4.78 is 0. The molecule has 87 valence electrons. The molecule has 15 heavy (non-hydrogen) atoms. The van der Waals surface area contributed by atoms with E-state index in [1.165, 1.54) is 25.7 Å². The zero-order chi connectivity index (χ0) is 11.4. The number of hydrogen-bond acceptors (Lipinski definition) is 1. The summed E-state index contributed by atoms with van der Waals surface area (Å²) in [7, 11) is 0. The molecule has 0 aromatic rings. The first-order valence-corrected chi connectivity index (χ1v) is 5.76. The Balaban J connectivity index is -0.000000449. The van der Waals surface area contributed by atoms with Gasteiger partial charge in [0.2, 0.25) is 0 Å². The summed E-state index contributed by atoms with van der Waals surface area (Å²) in [5.41, 5.74) is 0. The molecule has 1 unspecified atom stereocenters. The molecule has 0 saturated heterocycles. The van der Waals surface area contributed by atoms with Gasteiger partial charge in [0.1, 0.15) is 0 Å². The molecular weight excluding hydrogens is 238 g/mol. The van der Waals surface area contributed by atoms with E-state index in [1.54, 1.807) is 13.8 Å². The molecule has 0 aromatic heterocycles. The second kappa shape index (κ2) is 16.6. The first-order valence-electron chi connectivity index (χ1n) is 5.76. The molecule has 0 rings (SSSR count). The normalized spacial score (nSPS) is 12.2. The largest absolute Gasteiger partial charge is 0.876 e. The molecule has 0 aliphatic heterocycles. The van der Waals surface area contributed by atoms with Gasteiger partial charge in [0, 0.05) is 19.5 Å². The Morgan fingerprint density at radius 1 is 1.27 bits per heavy atom. The van der Waals surface area contributed by atoms with Gasteiger partial charge in [-0.25, -0.2) is 0 Å². The third kappa shape index (κ3) is 16.8. The van der Waals surface area contributed by atoms with Gasteiger partial charge in [-0.1, -0.05) is 60.0 Å². The predicted octanol–water partition coefficient (Wildman–Crippen LogP) is 3.69. The average molecular weight is 264 g/mol. The number of unbranched alkanes of at least 4 members (excludes halogenated alkanes) is 2. The van der Waals surface area contributed by atoms with Crippen molar-refractivity contribution in [3.63, 3.8) is 0 Å². The molecule has 0 N–H and O–H groups in total. The molecule has 0 fully saturated rings. The van der Waals surface area contributed by atoms with Crippen LogP contribution in [0.2, 0.25) is 0 Å². The van der Waals surface area contributed by atoms with Gasteiger partial charge in [-0.05, 0) is 18.8 Å². The van der Waals surface area contributed by atoms with Gasteiger partial charge < -0.3 is 5.11 Å². The van der Waals surface area contributed by atoms with Crippen LogP contribution in [0.3, 0.4) is 0 Å². The van der Waals surface area contributed by atoms with Crippen LogP contribution in [-0.2, 0) is 19.5 Å². The Hall–Kier alpha value is 0.163. The minimum absolute atomic E-state index is 0. The predicted molar refractivity (Wildman–Crippen MR) is 62.7 cm³/mol. The molecule has 0 aromatic carbocycles. The minimum Gasteiger partial charge on any atom is -0.876 e. The summed E-state index contributed by atoms with van der Waals surface area (Å²) in [4.78, 5) is 0. The van der Waals surface area contributed by atoms with Crippen molar-refractivity contribution in [1.82, 2.24) is 0 Å². The van der Waals surface area contributed by atoms with Gasteiger partial charge in [0.15, 0.2) is 0 Å². The summed E-state index contributed by atoms with van der Waals surface area (Å²) in [6.07, 6.45) is 7.97. The summed E-state index contributed by atoms with van der Waals surface area (Å²) >= 11 is 0. The molecule has 1 atom stereocenters. The standard InChI is InChI=1S/C11H22O.C2H5.Zn/c1-4-6-7-8-11(5-2)9-10(3)12;1-2;/h9,11-12H,4-8H2,1-3H3;1H2,2H3;/p-1/b10-9-;;. The Kier molecular flexibility index (Phi) is 22.7. The summed E-state index contributed by atoms with van der Waals surface area (Å²) in [6, 6.07) is 0. The molecule has 0 aliphatic rings. The zero-order valence-corrected chi connectivity index (χ0v) is 14.0. The van der Waals surface area contributed by atoms with Crippen molar-refractivity contribution in [2.45, 2.75) is 59.8 Å². The fraction of sp³-hybridized carbons (Fsp3) is 0.769. The number of allylic oxidation sites excluding steroid dienone is 2. The molecule has 0 amide bonds. The van der Waals surface area contributed by atoms with E-state index in [2.05, 4.69) is 20.8 Å². The molecule has 0 aliphatic carbocycles. The summed E-state index contributed by atoms with van der Waals surface area (Å²) in [5, 5.41) is 10.8. The van der Waals surface area contributed by atoms with Gasteiger partial charge in [-0.3, -0.25) is 0 Å². The maximum absolute atomic E-state index is 10.8. The van der Waals surface area contributed by atoms with Crippen LogP contribution >= 0.6 is 0 Å². The van der Waals surface area contributed by atoms with E-state index in [1.807, 2.05) is 6.08 Å². The summed E-state index contributed by atoms with van der Waals surface area (Å²) in [6.45, 7) is 11.0. The van der Waals surface area contributed by atoms with Gasteiger partial charge in [0.05, 0.1) is 0 Å².